The van der Waals surface area contributed by atoms with Gasteiger partial charge in [0.1, 0.15) is 5.75 Å². The molecule has 116 valence electrons. The van der Waals surface area contributed by atoms with Crippen LogP contribution in [0.3, 0.4) is 0 Å². The number of amides is 1. The summed E-state index contributed by atoms with van der Waals surface area (Å²) >= 11 is 6.91. The predicted molar refractivity (Wildman–Crippen MR) is 91.7 cm³/mol. The zero-order valence-electron chi connectivity index (χ0n) is 12.3. The summed E-state index contributed by atoms with van der Waals surface area (Å²) in [7, 11) is 0. The van der Waals surface area contributed by atoms with Crippen molar-refractivity contribution < 1.29 is 9.53 Å². The number of carbonyl (C=O) groups is 1. The monoisotopic (exact) mass is 417 g/mol. The van der Waals surface area contributed by atoms with Crippen LogP contribution in [0.15, 0.2) is 21.1 Å². The van der Waals surface area contributed by atoms with Crippen LogP contribution in [0.1, 0.15) is 44.1 Å². The summed E-state index contributed by atoms with van der Waals surface area (Å²) in [6.45, 7) is 2.03. The Morgan fingerprint density at radius 1 is 1.24 bits per heavy atom. The maximum absolute atomic E-state index is 12.0. The lowest BCUT2D eigenvalue weighted by Crippen LogP contribution is -2.37. The van der Waals surface area contributed by atoms with E-state index >= 15 is 0 Å². The maximum Gasteiger partial charge on any atom is 0.258 e. The predicted octanol–water partition coefficient (Wildman–Crippen LogP) is 4.74. The molecular weight excluding hydrogens is 398 g/mol. The number of halogens is 2. The van der Waals surface area contributed by atoms with Crippen LogP contribution in [-0.2, 0) is 4.79 Å². The van der Waals surface area contributed by atoms with E-state index < -0.39 is 0 Å². The van der Waals surface area contributed by atoms with Crippen LogP contribution < -0.4 is 10.1 Å². The fourth-order valence-electron chi connectivity index (χ4n) is 2.70. The summed E-state index contributed by atoms with van der Waals surface area (Å²) in [6, 6.07) is 4.22. The van der Waals surface area contributed by atoms with Gasteiger partial charge >= 0.3 is 0 Å². The van der Waals surface area contributed by atoms with Crippen LogP contribution in [-0.4, -0.2) is 18.6 Å². The van der Waals surface area contributed by atoms with Crippen LogP contribution in [0.5, 0.6) is 5.75 Å². The Bertz CT molecular complexity index is 474. The van der Waals surface area contributed by atoms with Gasteiger partial charge in [-0.3, -0.25) is 4.79 Å². The van der Waals surface area contributed by atoms with Gasteiger partial charge < -0.3 is 10.1 Å². The number of aryl methyl sites for hydroxylation is 1. The van der Waals surface area contributed by atoms with Gasteiger partial charge in [0.2, 0.25) is 0 Å². The molecule has 1 aromatic rings. The van der Waals surface area contributed by atoms with Gasteiger partial charge in [-0.05, 0) is 53.4 Å². The van der Waals surface area contributed by atoms with Gasteiger partial charge in [0.15, 0.2) is 6.61 Å². The lowest BCUT2D eigenvalue weighted by atomic mass is 10.1. The van der Waals surface area contributed by atoms with Crippen LogP contribution in [0.25, 0.3) is 0 Å². The second-order valence-corrected chi connectivity index (χ2v) is 7.35. The fraction of sp³-hybridized carbons (Fsp3) is 0.562. The van der Waals surface area contributed by atoms with Gasteiger partial charge in [0.05, 0.1) is 4.47 Å². The third kappa shape index (κ3) is 5.29. The number of ether oxygens (including phenoxy) is 1. The highest BCUT2D eigenvalue weighted by Crippen LogP contribution is 2.32. The van der Waals surface area contributed by atoms with Gasteiger partial charge in [0.25, 0.3) is 5.91 Å². The summed E-state index contributed by atoms with van der Waals surface area (Å²) in [5.74, 6) is 0.699. The summed E-state index contributed by atoms with van der Waals surface area (Å²) in [5, 5.41) is 3.09. The Labute approximate surface area is 143 Å². The quantitative estimate of drug-likeness (QED) is 0.717. The Morgan fingerprint density at radius 3 is 2.52 bits per heavy atom. The smallest absolute Gasteiger partial charge is 0.258 e. The van der Waals surface area contributed by atoms with E-state index in [1.165, 1.54) is 25.7 Å². The molecule has 0 aliphatic heterocycles. The minimum atomic E-state index is -0.0314. The average molecular weight is 419 g/mol. The summed E-state index contributed by atoms with van der Waals surface area (Å²) in [6.07, 6.45) is 7.17. The third-order valence-corrected chi connectivity index (χ3v) is 4.81. The highest BCUT2D eigenvalue weighted by molar-refractivity contribution is 9.11. The molecule has 3 nitrogen and oxygen atoms in total. The molecule has 2 rings (SSSR count). The van der Waals surface area contributed by atoms with Gasteiger partial charge in [0, 0.05) is 10.5 Å². The van der Waals surface area contributed by atoms with Gasteiger partial charge in [-0.2, -0.15) is 0 Å². The summed E-state index contributed by atoms with van der Waals surface area (Å²) in [4.78, 5) is 12.0. The first-order valence-corrected chi connectivity index (χ1v) is 9.02. The van der Waals surface area contributed by atoms with E-state index in [9.17, 15) is 4.79 Å². The van der Waals surface area contributed by atoms with Crippen molar-refractivity contribution >= 4 is 37.8 Å². The zero-order valence-corrected chi connectivity index (χ0v) is 15.4. The third-order valence-electron chi connectivity index (χ3n) is 3.76. The maximum atomic E-state index is 12.0. The molecule has 1 amide bonds. The lowest BCUT2D eigenvalue weighted by molar-refractivity contribution is -0.123. The van der Waals surface area contributed by atoms with Crippen molar-refractivity contribution in [2.24, 2.45) is 0 Å². The Hall–Kier alpha value is -0.550. The number of carbonyl (C=O) groups excluding carboxylic acids is 1. The molecule has 1 aliphatic rings. The molecule has 1 aliphatic carbocycles. The highest BCUT2D eigenvalue weighted by Gasteiger charge is 2.15. The first-order chi connectivity index (χ1) is 10.1. The van der Waals surface area contributed by atoms with Crippen molar-refractivity contribution in [3.63, 3.8) is 0 Å². The topological polar surface area (TPSA) is 38.3 Å². The Morgan fingerprint density at radius 2 is 1.90 bits per heavy atom. The number of benzene rings is 1. The molecule has 0 unspecified atom stereocenters. The number of hydrogen-bond donors (Lipinski definition) is 1. The molecule has 1 fully saturated rings. The van der Waals surface area contributed by atoms with Crippen molar-refractivity contribution in [3.05, 3.63) is 26.6 Å². The molecule has 0 atom stereocenters. The second-order valence-electron chi connectivity index (χ2n) is 5.58. The molecule has 1 N–H and O–H groups in total. The van der Waals surface area contributed by atoms with Gasteiger partial charge in [-0.15, -0.1) is 0 Å². The summed E-state index contributed by atoms with van der Waals surface area (Å²) in [5.41, 5.74) is 0.999. The average Bonchev–Trinajstić information content (AvgIpc) is 2.66. The van der Waals surface area contributed by atoms with Crippen LogP contribution in [0, 0.1) is 6.92 Å². The standard InChI is InChI=1S/C16H21Br2NO2/c1-11-8-12(17)9-14(18)16(11)21-10-15(20)19-13-6-4-2-3-5-7-13/h8-9,13H,2-7,10H2,1H3,(H,19,20). The van der Waals surface area contributed by atoms with Crippen molar-refractivity contribution in [2.45, 2.75) is 51.5 Å². The SMILES string of the molecule is Cc1cc(Br)cc(Br)c1OCC(=O)NC1CCCCCC1. The van der Waals surface area contributed by atoms with E-state index in [1.807, 2.05) is 19.1 Å². The van der Waals surface area contributed by atoms with Crippen LogP contribution >= 0.6 is 31.9 Å². The molecule has 0 aromatic heterocycles. The van der Waals surface area contributed by atoms with E-state index in [2.05, 4.69) is 37.2 Å². The minimum Gasteiger partial charge on any atom is -0.482 e. The van der Waals surface area contributed by atoms with E-state index in [0.29, 0.717) is 6.04 Å². The minimum absolute atomic E-state index is 0.0314. The normalized spacial score (nSPS) is 16.3. The zero-order chi connectivity index (χ0) is 15.2. The van der Waals surface area contributed by atoms with Crippen molar-refractivity contribution in [1.82, 2.24) is 5.32 Å². The Balaban J connectivity index is 1.86. The number of rotatable bonds is 4. The first-order valence-electron chi connectivity index (χ1n) is 7.44. The molecule has 1 aromatic carbocycles. The largest absolute Gasteiger partial charge is 0.482 e. The molecule has 0 spiro atoms. The fourth-order valence-corrected chi connectivity index (χ4v) is 4.26. The number of hydrogen-bond acceptors (Lipinski definition) is 2. The van der Waals surface area contributed by atoms with E-state index in [4.69, 9.17) is 4.74 Å². The molecule has 1 saturated carbocycles. The van der Waals surface area contributed by atoms with Gasteiger partial charge in [-0.1, -0.05) is 41.6 Å². The number of nitrogens with one attached hydrogen (secondary N) is 1. The molecule has 5 heteroatoms. The highest BCUT2D eigenvalue weighted by atomic mass is 79.9. The molecule has 0 saturated heterocycles. The molecule has 0 bridgehead atoms. The Kier molecular flexibility index (Phi) is 6.55. The molecule has 21 heavy (non-hydrogen) atoms. The van der Waals surface area contributed by atoms with Crippen molar-refractivity contribution in [1.29, 1.82) is 0 Å². The lowest BCUT2D eigenvalue weighted by Gasteiger charge is -2.17. The second kappa shape index (κ2) is 8.18. The molecule has 0 heterocycles. The molecule has 0 radical (unpaired) electrons. The van der Waals surface area contributed by atoms with E-state index in [1.54, 1.807) is 0 Å². The van der Waals surface area contributed by atoms with E-state index in [0.717, 1.165) is 33.1 Å². The van der Waals surface area contributed by atoms with Crippen LogP contribution in [0.2, 0.25) is 0 Å². The first kappa shape index (κ1) is 16.8. The van der Waals surface area contributed by atoms with Gasteiger partial charge in [-0.25, -0.2) is 0 Å². The van der Waals surface area contributed by atoms with Crippen molar-refractivity contribution in [3.8, 4) is 5.75 Å². The van der Waals surface area contributed by atoms with Crippen LogP contribution in [0.4, 0.5) is 0 Å². The molecular formula is C16H21Br2NO2. The van der Waals surface area contributed by atoms with E-state index in [-0.39, 0.29) is 12.5 Å². The summed E-state index contributed by atoms with van der Waals surface area (Å²) < 4.78 is 7.52. The van der Waals surface area contributed by atoms with Crippen molar-refractivity contribution in [2.75, 3.05) is 6.61 Å².